The summed E-state index contributed by atoms with van der Waals surface area (Å²) in [5, 5.41) is 21.6. The van der Waals surface area contributed by atoms with Crippen molar-refractivity contribution in [1.82, 2.24) is 4.57 Å². The standard InChI is InChI=1S/C30H23NO5/c32-27(20-8-2-1-3-9-20)18-24(28(29(33)34)30(35)36)19-14-16-21(17-15-19)31-25-12-6-4-10-22(25)23-11-5-7-13-26(23)31/h1-17,24,28H,18H2,(H,33,34)(H,35,36). The second kappa shape index (κ2) is 9.50. The molecule has 0 aliphatic heterocycles. The van der Waals surface area contributed by atoms with Crippen LogP contribution in [-0.4, -0.2) is 32.5 Å². The van der Waals surface area contributed by atoms with Crippen molar-refractivity contribution in [2.75, 3.05) is 0 Å². The molecule has 0 bridgehead atoms. The van der Waals surface area contributed by atoms with Gasteiger partial charge in [-0.05, 0) is 29.8 Å². The average Bonchev–Trinajstić information content (AvgIpc) is 3.23. The molecular weight excluding hydrogens is 454 g/mol. The number of ketones is 1. The molecule has 0 saturated heterocycles. The molecule has 178 valence electrons. The van der Waals surface area contributed by atoms with Crippen LogP contribution in [0, 0.1) is 5.92 Å². The van der Waals surface area contributed by atoms with E-state index in [1.54, 1.807) is 42.5 Å². The van der Waals surface area contributed by atoms with Crippen LogP contribution in [0.3, 0.4) is 0 Å². The summed E-state index contributed by atoms with van der Waals surface area (Å²) in [7, 11) is 0. The van der Waals surface area contributed by atoms with E-state index in [1.165, 1.54) is 0 Å². The van der Waals surface area contributed by atoms with E-state index in [1.807, 2.05) is 48.5 Å². The minimum atomic E-state index is -1.75. The van der Waals surface area contributed by atoms with Gasteiger partial charge in [0.2, 0.25) is 0 Å². The van der Waals surface area contributed by atoms with Crippen molar-refractivity contribution in [2.45, 2.75) is 12.3 Å². The molecule has 36 heavy (non-hydrogen) atoms. The van der Waals surface area contributed by atoms with Crippen LogP contribution in [-0.2, 0) is 9.59 Å². The summed E-state index contributed by atoms with van der Waals surface area (Å²) in [6.07, 6.45) is -0.234. The largest absolute Gasteiger partial charge is 0.481 e. The van der Waals surface area contributed by atoms with Crippen LogP contribution in [0.5, 0.6) is 0 Å². The van der Waals surface area contributed by atoms with E-state index < -0.39 is 23.8 Å². The number of hydrogen-bond donors (Lipinski definition) is 2. The summed E-state index contributed by atoms with van der Waals surface area (Å²) in [6, 6.07) is 31.8. The van der Waals surface area contributed by atoms with E-state index in [0.717, 1.165) is 27.5 Å². The Morgan fingerprint density at radius 3 is 1.67 bits per heavy atom. The molecule has 5 rings (SSSR count). The SMILES string of the molecule is O=C(CC(c1ccc(-n2c3ccccc3c3ccccc32)cc1)C(C(=O)O)C(=O)O)c1ccccc1. The monoisotopic (exact) mass is 477 g/mol. The van der Waals surface area contributed by atoms with Crippen molar-refractivity contribution in [3.05, 3.63) is 114 Å². The predicted molar refractivity (Wildman–Crippen MR) is 138 cm³/mol. The lowest BCUT2D eigenvalue weighted by molar-refractivity contribution is -0.155. The molecule has 5 aromatic rings. The summed E-state index contributed by atoms with van der Waals surface area (Å²) in [5.74, 6) is -6.03. The maximum absolute atomic E-state index is 12.9. The second-order valence-corrected chi connectivity index (χ2v) is 8.72. The topological polar surface area (TPSA) is 96.6 Å². The smallest absolute Gasteiger partial charge is 0.318 e. The maximum Gasteiger partial charge on any atom is 0.318 e. The second-order valence-electron chi connectivity index (χ2n) is 8.72. The highest BCUT2D eigenvalue weighted by Crippen LogP contribution is 2.34. The Balaban J connectivity index is 1.58. The Hall–Kier alpha value is -4.71. The first-order chi connectivity index (χ1) is 17.5. The van der Waals surface area contributed by atoms with E-state index in [0.29, 0.717) is 11.1 Å². The fourth-order valence-electron chi connectivity index (χ4n) is 4.89. The van der Waals surface area contributed by atoms with Gasteiger partial charge in [-0.3, -0.25) is 14.4 Å². The lowest BCUT2D eigenvalue weighted by Crippen LogP contribution is -2.31. The third-order valence-electron chi connectivity index (χ3n) is 6.60. The van der Waals surface area contributed by atoms with Gasteiger partial charge in [0, 0.05) is 34.4 Å². The Bertz CT molecular complexity index is 1520. The van der Waals surface area contributed by atoms with Crippen LogP contribution >= 0.6 is 0 Å². The molecule has 6 heteroatoms. The van der Waals surface area contributed by atoms with Crippen LogP contribution in [0.1, 0.15) is 28.3 Å². The van der Waals surface area contributed by atoms with E-state index in [9.17, 15) is 24.6 Å². The lowest BCUT2D eigenvalue weighted by Gasteiger charge is -2.21. The highest BCUT2D eigenvalue weighted by Gasteiger charge is 2.37. The zero-order valence-electron chi connectivity index (χ0n) is 19.2. The fraction of sp³-hybridized carbons (Fsp3) is 0.100. The van der Waals surface area contributed by atoms with Crippen molar-refractivity contribution in [3.63, 3.8) is 0 Å². The third-order valence-corrected chi connectivity index (χ3v) is 6.60. The van der Waals surface area contributed by atoms with Crippen molar-refractivity contribution in [1.29, 1.82) is 0 Å². The van der Waals surface area contributed by atoms with E-state index in [2.05, 4.69) is 16.7 Å². The first-order valence-electron chi connectivity index (χ1n) is 11.6. The molecule has 1 heterocycles. The number of para-hydroxylation sites is 2. The predicted octanol–water partition coefficient (Wildman–Crippen LogP) is 5.93. The van der Waals surface area contributed by atoms with Gasteiger partial charge in [0.05, 0.1) is 11.0 Å². The molecule has 1 unspecified atom stereocenters. The molecule has 6 nitrogen and oxygen atoms in total. The van der Waals surface area contributed by atoms with Gasteiger partial charge in [-0.1, -0.05) is 78.9 Å². The fourth-order valence-corrected chi connectivity index (χ4v) is 4.89. The molecule has 0 saturated carbocycles. The van der Waals surface area contributed by atoms with Gasteiger partial charge in [0.1, 0.15) is 0 Å². The quantitative estimate of drug-likeness (QED) is 0.213. The number of fused-ring (bicyclic) bond motifs is 3. The first-order valence-corrected chi connectivity index (χ1v) is 11.6. The van der Waals surface area contributed by atoms with Crippen LogP contribution in [0.4, 0.5) is 0 Å². The van der Waals surface area contributed by atoms with Crippen molar-refractivity contribution >= 4 is 39.5 Å². The Kier molecular flexibility index (Phi) is 6.09. The van der Waals surface area contributed by atoms with Gasteiger partial charge in [0.15, 0.2) is 11.7 Å². The summed E-state index contributed by atoms with van der Waals surface area (Å²) in [6.45, 7) is 0. The number of carboxylic acids is 2. The zero-order valence-corrected chi connectivity index (χ0v) is 19.2. The molecule has 4 aromatic carbocycles. The van der Waals surface area contributed by atoms with E-state index in [-0.39, 0.29) is 12.2 Å². The summed E-state index contributed by atoms with van der Waals surface area (Å²) < 4.78 is 2.12. The molecule has 0 aliphatic carbocycles. The number of rotatable bonds is 8. The van der Waals surface area contributed by atoms with Crippen LogP contribution < -0.4 is 0 Å². The van der Waals surface area contributed by atoms with Crippen molar-refractivity contribution in [2.24, 2.45) is 5.92 Å². The van der Waals surface area contributed by atoms with Crippen molar-refractivity contribution in [3.8, 4) is 5.69 Å². The number of carboxylic acid groups (broad SMARTS) is 2. The third kappa shape index (κ3) is 4.14. The molecule has 0 radical (unpaired) electrons. The van der Waals surface area contributed by atoms with Crippen LogP contribution in [0.2, 0.25) is 0 Å². The number of aliphatic carboxylic acids is 2. The molecule has 1 aromatic heterocycles. The molecule has 2 N–H and O–H groups in total. The highest BCUT2D eigenvalue weighted by atomic mass is 16.4. The van der Waals surface area contributed by atoms with Gasteiger partial charge >= 0.3 is 11.9 Å². The van der Waals surface area contributed by atoms with Gasteiger partial charge < -0.3 is 14.8 Å². The first kappa shape index (κ1) is 23.1. The Morgan fingerprint density at radius 2 is 1.14 bits per heavy atom. The maximum atomic E-state index is 12.9. The van der Waals surface area contributed by atoms with Gasteiger partial charge in [-0.25, -0.2) is 0 Å². The molecule has 0 aliphatic rings. The zero-order chi connectivity index (χ0) is 25.2. The molecule has 0 spiro atoms. The number of Topliss-reactive ketones (excluding diaryl/α,β-unsaturated/α-hetero) is 1. The Morgan fingerprint density at radius 1 is 0.639 bits per heavy atom. The minimum Gasteiger partial charge on any atom is -0.481 e. The number of carbonyl (C=O) groups is 3. The van der Waals surface area contributed by atoms with Crippen molar-refractivity contribution < 1.29 is 24.6 Å². The average molecular weight is 478 g/mol. The van der Waals surface area contributed by atoms with Crippen LogP contribution in [0.15, 0.2) is 103 Å². The molecular formula is C30H23NO5. The van der Waals surface area contributed by atoms with E-state index >= 15 is 0 Å². The molecule has 0 fully saturated rings. The van der Waals surface area contributed by atoms with Gasteiger partial charge in [0.25, 0.3) is 0 Å². The summed E-state index contributed by atoms with van der Waals surface area (Å²) >= 11 is 0. The number of nitrogens with zero attached hydrogens (tertiary/aromatic N) is 1. The van der Waals surface area contributed by atoms with E-state index in [4.69, 9.17) is 0 Å². The Labute approximate surface area is 207 Å². The molecule has 1 atom stereocenters. The van der Waals surface area contributed by atoms with Gasteiger partial charge in [-0.2, -0.15) is 0 Å². The molecule has 0 amide bonds. The minimum absolute atomic E-state index is 0.234. The summed E-state index contributed by atoms with van der Waals surface area (Å²) in [5.41, 5.74) is 3.80. The number of benzene rings is 4. The van der Waals surface area contributed by atoms with Crippen LogP contribution in [0.25, 0.3) is 27.5 Å². The normalized spacial score (nSPS) is 12.1. The lowest BCUT2D eigenvalue weighted by atomic mass is 9.81. The number of carbonyl (C=O) groups excluding carboxylic acids is 1. The number of hydrogen-bond acceptors (Lipinski definition) is 3. The van der Waals surface area contributed by atoms with Gasteiger partial charge in [-0.15, -0.1) is 0 Å². The number of aromatic nitrogens is 1. The highest BCUT2D eigenvalue weighted by molar-refractivity contribution is 6.09. The summed E-state index contributed by atoms with van der Waals surface area (Å²) in [4.78, 5) is 36.8.